The number of Topliss-reactive ketones (excluding diaryl/α,β-unsaturated/α-hetero) is 1. The van der Waals surface area contributed by atoms with Gasteiger partial charge in [-0.3, -0.25) is 14.5 Å². The Morgan fingerprint density at radius 1 is 1.00 bits per heavy atom. The molecule has 0 unspecified atom stereocenters. The zero-order valence-electron chi connectivity index (χ0n) is 17.8. The Labute approximate surface area is 192 Å². The number of thioether (sulfide) groups is 1. The molecule has 4 atom stereocenters. The molecule has 3 heterocycles. The zero-order valence-corrected chi connectivity index (χ0v) is 18.6. The number of nitrogens with one attached hydrogen (secondary N) is 1. The molecule has 3 aliphatic heterocycles. The average molecular weight is 441 g/mol. The van der Waals surface area contributed by atoms with Crippen molar-refractivity contribution in [1.29, 1.82) is 0 Å². The minimum absolute atomic E-state index is 0.0464. The van der Waals surface area contributed by atoms with Gasteiger partial charge in [0.05, 0.1) is 5.92 Å². The first kappa shape index (κ1) is 19.8. The van der Waals surface area contributed by atoms with Crippen molar-refractivity contribution in [3.63, 3.8) is 0 Å². The highest BCUT2D eigenvalue weighted by Gasteiger charge is 2.69. The van der Waals surface area contributed by atoms with E-state index in [1.807, 2.05) is 85.4 Å². The van der Waals surface area contributed by atoms with Gasteiger partial charge in [-0.05, 0) is 18.6 Å². The second kappa shape index (κ2) is 7.32. The number of hydrogen-bond acceptors (Lipinski definition) is 4. The molecule has 0 aromatic heterocycles. The predicted molar refractivity (Wildman–Crippen MR) is 128 cm³/mol. The van der Waals surface area contributed by atoms with Gasteiger partial charge in [0.2, 0.25) is 5.91 Å². The van der Waals surface area contributed by atoms with Crippen molar-refractivity contribution < 1.29 is 9.59 Å². The second-order valence-corrected chi connectivity index (χ2v) is 9.95. The van der Waals surface area contributed by atoms with E-state index in [4.69, 9.17) is 0 Å². The van der Waals surface area contributed by atoms with Gasteiger partial charge < -0.3 is 5.32 Å². The lowest BCUT2D eigenvalue weighted by Crippen LogP contribution is -2.52. The number of benzene rings is 3. The van der Waals surface area contributed by atoms with E-state index in [-0.39, 0.29) is 23.7 Å². The van der Waals surface area contributed by atoms with Gasteiger partial charge in [0.15, 0.2) is 5.78 Å². The first-order chi connectivity index (χ1) is 15.6. The Morgan fingerprint density at radius 3 is 2.50 bits per heavy atom. The van der Waals surface area contributed by atoms with Gasteiger partial charge >= 0.3 is 0 Å². The summed E-state index contributed by atoms with van der Waals surface area (Å²) in [5.41, 5.74) is 3.68. The molecule has 0 saturated carbocycles. The summed E-state index contributed by atoms with van der Waals surface area (Å²) in [6.45, 7) is 2.02. The number of carbonyl (C=O) groups is 2. The second-order valence-electron chi connectivity index (χ2n) is 8.95. The Morgan fingerprint density at radius 2 is 1.72 bits per heavy atom. The van der Waals surface area contributed by atoms with E-state index >= 15 is 0 Å². The van der Waals surface area contributed by atoms with Gasteiger partial charge in [0.25, 0.3) is 0 Å². The summed E-state index contributed by atoms with van der Waals surface area (Å²) in [7, 11) is 0. The van der Waals surface area contributed by atoms with Crippen molar-refractivity contribution in [1.82, 2.24) is 4.90 Å². The van der Waals surface area contributed by atoms with Crippen LogP contribution < -0.4 is 5.32 Å². The highest BCUT2D eigenvalue weighted by Crippen LogP contribution is 2.61. The maximum absolute atomic E-state index is 14.3. The van der Waals surface area contributed by atoms with Crippen LogP contribution in [0.3, 0.4) is 0 Å². The fourth-order valence-electron chi connectivity index (χ4n) is 5.98. The smallest absolute Gasteiger partial charge is 0.250 e. The molecule has 5 heteroatoms. The molecule has 0 aliphatic carbocycles. The van der Waals surface area contributed by atoms with Crippen LogP contribution in [0.25, 0.3) is 0 Å². The number of hydrogen-bond donors (Lipinski definition) is 1. The molecule has 6 rings (SSSR count). The van der Waals surface area contributed by atoms with Crippen molar-refractivity contribution in [2.75, 3.05) is 16.9 Å². The summed E-state index contributed by atoms with van der Waals surface area (Å²) < 4.78 is 0. The Kier molecular flexibility index (Phi) is 4.52. The van der Waals surface area contributed by atoms with Crippen molar-refractivity contribution >= 4 is 29.1 Å². The summed E-state index contributed by atoms with van der Waals surface area (Å²) in [6, 6.07) is 26.1. The molecule has 3 aromatic rings. The van der Waals surface area contributed by atoms with Crippen molar-refractivity contribution in [2.45, 2.75) is 24.4 Å². The molecule has 3 aliphatic rings. The molecule has 2 saturated heterocycles. The topological polar surface area (TPSA) is 49.4 Å². The molecule has 160 valence electrons. The number of amides is 1. The third-order valence-corrected chi connectivity index (χ3v) is 8.37. The molecule has 1 N–H and O–H groups in total. The number of carbonyl (C=O) groups excluding carboxylic acids is 2. The highest BCUT2D eigenvalue weighted by molar-refractivity contribution is 7.99. The Hall–Kier alpha value is -2.89. The normalized spacial score (nSPS) is 28.5. The SMILES string of the molecule is Cc1ccc(C(=O)[C@@H]2[C@H](c3ccccc3)[C@@H]3CSCN3[C@]23C(=O)Nc2ccccc23)cc1. The van der Waals surface area contributed by atoms with Crippen LogP contribution in [0.4, 0.5) is 5.69 Å². The summed E-state index contributed by atoms with van der Waals surface area (Å²) in [5, 5.41) is 3.12. The lowest BCUT2D eigenvalue weighted by molar-refractivity contribution is -0.127. The highest BCUT2D eigenvalue weighted by atomic mass is 32.2. The van der Waals surface area contributed by atoms with E-state index in [2.05, 4.69) is 22.3 Å². The molecule has 0 bridgehead atoms. The van der Waals surface area contributed by atoms with Crippen LogP contribution in [0.5, 0.6) is 0 Å². The van der Waals surface area contributed by atoms with Gasteiger partial charge in [-0.1, -0.05) is 78.4 Å². The number of fused-ring (bicyclic) bond motifs is 4. The molecular formula is C27H24N2O2S. The number of nitrogens with zero attached hydrogens (tertiary/aromatic N) is 1. The average Bonchev–Trinajstić information content (AvgIpc) is 3.48. The van der Waals surface area contributed by atoms with Crippen LogP contribution in [-0.2, 0) is 10.3 Å². The minimum atomic E-state index is -0.993. The third-order valence-electron chi connectivity index (χ3n) is 7.33. The van der Waals surface area contributed by atoms with Gasteiger partial charge in [0.1, 0.15) is 5.54 Å². The monoisotopic (exact) mass is 440 g/mol. The number of aryl methyl sites for hydroxylation is 1. The lowest BCUT2D eigenvalue weighted by Gasteiger charge is -2.36. The van der Waals surface area contributed by atoms with Gasteiger partial charge in [-0.2, -0.15) is 0 Å². The summed E-state index contributed by atoms with van der Waals surface area (Å²) in [4.78, 5) is 30.4. The maximum atomic E-state index is 14.3. The first-order valence-electron chi connectivity index (χ1n) is 11.0. The van der Waals surface area contributed by atoms with Crippen LogP contribution >= 0.6 is 11.8 Å². The summed E-state index contributed by atoms with van der Waals surface area (Å²) >= 11 is 1.85. The molecule has 4 nitrogen and oxygen atoms in total. The van der Waals surface area contributed by atoms with Crippen molar-refractivity contribution in [2.24, 2.45) is 5.92 Å². The fraction of sp³-hybridized carbons (Fsp3) is 0.259. The summed E-state index contributed by atoms with van der Waals surface area (Å²) in [6.07, 6.45) is 0. The zero-order chi connectivity index (χ0) is 21.9. The van der Waals surface area contributed by atoms with Crippen LogP contribution in [0.1, 0.15) is 33.0 Å². The predicted octanol–water partition coefficient (Wildman–Crippen LogP) is 4.81. The third kappa shape index (κ3) is 2.61. The molecule has 2 fully saturated rings. The van der Waals surface area contributed by atoms with E-state index in [0.717, 1.165) is 34.0 Å². The Balaban J connectivity index is 1.61. The minimum Gasteiger partial charge on any atom is -0.324 e. The van der Waals surface area contributed by atoms with E-state index in [1.54, 1.807) is 0 Å². The Bertz CT molecular complexity index is 1210. The van der Waals surface area contributed by atoms with E-state index in [0.29, 0.717) is 5.56 Å². The van der Waals surface area contributed by atoms with Gasteiger partial charge in [-0.25, -0.2) is 0 Å². The number of para-hydroxylation sites is 1. The first-order valence-corrected chi connectivity index (χ1v) is 12.2. The largest absolute Gasteiger partial charge is 0.324 e. The molecular weight excluding hydrogens is 416 g/mol. The van der Waals surface area contributed by atoms with Crippen LogP contribution in [0, 0.1) is 12.8 Å². The van der Waals surface area contributed by atoms with Crippen LogP contribution in [0.15, 0.2) is 78.9 Å². The van der Waals surface area contributed by atoms with Gasteiger partial charge in [-0.15, -0.1) is 11.8 Å². The number of rotatable bonds is 3. The summed E-state index contributed by atoms with van der Waals surface area (Å²) in [5.74, 6) is 1.07. The fourth-order valence-corrected chi connectivity index (χ4v) is 7.30. The molecule has 1 amide bonds. The van der Waals surface area contributed by atoms with E-state index in [9.17, 15) is 9.59 Å². The lowest BCUT2D eigenvalue weighted by atomic mass is 9.69. The number of ketones is 1. The van der Waals surface area contributed by atoms with Gasteiger partial charge in [0, 0.05) is 40.4 Å². The maximum Gasteiger partial charge on any atom is 0.250 e. The van der Waals surface area contributed by atoms with E-state index < -0.39 is 11.5 Å². The van der Waals surface area contributed by atoms with Crippen molar-refractivity contribution in [3.8, 4) is 0 Å². The molecule has 0 radical (unpaired) electrons. The molecule has 3 aromatic carbocycles. The molecule has 1 spiro atoms. The van der Waals surface area contributed by atoms with Crippen molar-refractivity contribution in [3.05, 3.63) is 101 Å². The van der Waals surface area contributed by atoms with Crippen LogP contribution in [0.2, 0.25) is 0 Å². The number of anilines is 1. The van der Waals surface area contributed by atoms with Crippen LogP contribution in [-0.4, -0.2) is 34.3 Å². The quantitative estimate of drug-likeness (QED) is 0.594. The molecule has 32 heavy (non-hydrogen) atoms. The van der Waals surface area contributed by atoms with E-state index in [1.165, 1.54) is 0 Å². The standard InChI is InChI=1S/C27H24N2O2S/c1-17-11-13-19(14-12-17)25(30)24-23(18-7-3-2-4-8-18)22-15-32-16-29(22)27(24)20-9-5-6-10-21(20)28-26(27)31/h2-14,22-24H,15-16H2,1H3,(H,28,31)/t22-,23+,24-,27-/m0/s1.